The zero-order chi connectivity index (χ0) is 15.0. The van der Waals surface area contributed by atoms with Crippen LogP contribution in [-0.4, -0.2) is 36.5 Å². The molecule has 1 aliphatic rings. The maximum Gasteiger partial charge on any atom is 0.227 e. The Kier molecular flexibility index (Phi) is 5.14. The van der Waals surface area contributed by atoms with E-state index in [9.17, 15) is 4.79 Å². The van der Waals surface area contributed by atoms with Gasteiger partial charge in [-0.25, -0.2) is 0 Å². The average molecular weight is 323 g/mol. The van der Waals surface area contributed by atoms with E-state index in [0.29, 0.717) is 6.42 Å². The normalized spacial score (nSPS) is 18.3. The molecule has 1 aromatic carbocycles. The maximum absolute atomic E-state index is 12.5. The molecule has 3 rings (SSSR count). The van der Waals surface area contributed by atoms with Gasteiger partial charge in [-0.3, -0.25) is 4.79 Å². The Labute approximate surface area is 137 Å². The molecule has 1 amide bonds. The fourth-order valence-corrected chi connectivity index (χ4v) is 2.95. The highest BCUT2D eigenvalue weighted by molar-refractivity contribution is 5.88. The van der Waals surface area contributed by atoms with Crippen LogP contribution in [0.25, 0.3) is 11.0 Å². The van der Waals surface area contributed by atoms with E-state index in [4.69, 9.17) is 4.42 Å². The first-order valence-corrected chi connectivity index (χ1v) is 7.54. The van der Waals surface area contributed by atoms with Gasteiger partial charge in [0.2, 0.25) is 5.91 Å². The summed E-state index contributed by atoms with van der Waals surface area (Å²) in [5, 5.41) is 4.37. The summed E-state index contributed by atoms with van der Waals surface area (Å²) in [7, 11) is 0. The molecule has 5 heteroatoms. The van der Waals surface area contributed by atoms with Crippen molar-refractivity contribution < 1.29 is 9.21 Å². The van der Waals surface area contributed by atoms with Gasteiger partial charge < -0.3 is 14.6 Å². The lowest BCUT2D eigenvalue weighted by Gasteiger charge is -2.34. The summed E-state index contributed by atoms with van der Waals surface area (Å²) >= 11 is 0. The van der Waals surface area contributed by atoms with E-state index in [1.54, 1.807) is 6.26 Å². The van der Waals surface area contributed by atoms with E-state index < -0.39 is 0 Å². The summed E-state index contributed by atoms with van der Waals surface area (Å²) < 4.78 is 5.62. The number of amides is 1. The van der Waals surface area contributed by atoms with Crippen LogP contribution >= 0.6 is 12.4 Å². The van der Waals surface area contributed by atoms with Crippen LogP contribution in [0.1, 0.15) is 23.6 Å². The van der Waals surface area contributed by atoms with Gasteiger partial charge in [-0.1, -0.05) is 0 Å². The molecule has 1 fully saturated rings. The summed E-state index contributed by atoms with van der Waals surface area (Å²) in [4.78, 5) is 14.5. The molecule has 2 aromatic rings. The summed E-state index contributed by atoms with van der Waals surface area (Å²) in [6.07, 6.45) is 2.15. The first kappa shape index (κ1) is 16.8. The molecule has 0 unspecified atom stereocenters. The number of carbonyl (C=O) groups is 1. The highest BCUT2D eigenvalue weighted by Gasteiger charge is 2.24. The van der Waals surface area contributed by atoms with Crippen LogP contribution in [0.2, 0.25) is 0 Å². The summed E-state index contributed by atoms with van der Waals surface area (Å²) in [5.74, 6) is 0.185. The molecule has 0 aliphatic carbocycles. The van der Waals surface area contributed by atoms with Crippen molar-refractivity contribution >= 4 is 29.3 Å². The van der Waals surface area contributed by atoms with Crippen LogP contribution in [0.3, 0.4) is 0 Å². The summed E-state index contributed by atoms with van der Waals surface area (Å²) in [6, 6.07) is 4.43. The van der Waals surface area contributed by atoms with Crippen molar-refractivity contribution in [3.05, 3.63) is 35.1 Å². The number of rotatable bonds is 2. The second kappa shape index (κ2) is 6.71. The number of carbonyl (C=O) groups excluding carboxylic acids is 1. The lowest BCUT2D eigenvalue weighted by Crippen LogP contribution is -2.52. The number of benzene rings is 1. The first-order valence-electron chi connectivity index (χ1n) is 7.54. The van der Waals surface area contributed by atoms with Gasteiger partial charge in [0.25, 0.3) is 0 Å². The third-order valence-electron chi connectivity index (χ3n) is 4.43. The molecule has 22 heavy (non-hydrogen) atoms. The summed E-state index contributed by atoms with van der Waals surface area (Å²) in [5.41, 5.74) is 4.30. The number of nitrogens with one attached hydrogen (secondary N) is 1. The first-order chi connectivity index (χ1) is 10.1. The second-order valence-corrected chi connectivity index (χ2v) is 6.01. The van der Waals surface area contributed by atoms with Crippen LogP contribution < -0.4 is 5.32 Å². The Hall–Kier alpha value is -1.52. The zero-order valence-corrected chi connectivity index (χ0v) is 14.1. The van der Waals surface area contributed by atoms with Crippen LogP contribution in [0.4, 0.5) is 0 Å². The van der Waals surface area contributed by atoms with Gasteiger partial charge in [0.1, 0.15) is 5.58 Å². The molecule has 1 aliphatic heterocycles. The van der Waals surface area contributed by atoms with Gasteiger partial charge in [0.05, 0.1) is 12.7 Å². The van der Waals surface area contributed by atoms with Crippen LogP contribution in [0.15, 0.2) is 22.8 Å². The molecule has 1 atom stereocenters. The number of halogens is 1. The third-order valence-corrected chi connectivity index (χ3v) is 4.43. The number of hydrogen-bond donors (Lipinski definition) is 1. The van der Waals surface area contributed by atoms with E-state index in [2.05, 4.69) is 32.2 Å². The monoisotopic (exact) mass is 322 g/mol. The SMILES string of the molecule is Cc1cc2occ(CC(=O)N3CCNC[C@H]3C)c2cc1C.Cl. The standard InChI is InChI=1S/C17H22N2O2.ClH/c1-11-6-15-14(10-21-16(15)7-12(11)2)8-17(20)19-5-4-18-9-13(19)3;/h6-7,10,13,18H,4-5,8-9H2,1-3H3;1H/t13-;/m1./s1. The van der Waals surface area contributed by atoms with Crippen LogP contribution in [0, 0.1) is 13.8 Å². The minimum absolute atomic E-state index is 0. The molecule has 1 saturated heterocycles. The number of fused-ring (bicyclic) bond motifs is 1. The van der Waals surface area contributed by atoms with Crippen molar-refractivity contribution in [1.29, 1.82) is 0 Å². The molecule has 2 heterocycles. The van der Waals surface area contributed by atoms with E-state index in [1.165, 1.54) is 11.1 Å². The topological polar surface area (TPSA) is 45.5 Å². The Bertz CT molecular complexity index is 681. The Balaban J connectivity index is 0.00000176. The Morgan fingerprint density at radius 3 is 2.82 bits per heavy atom. The molecule has 0 bridgehead atoms. The largest absolute Gasteiger partial charge is 0.464 e. The van der Waals surface area contributed by atoms with Gasteiger partial charge in [0, 0.05) is 36.6 Å². The molecule has 120 valence electrons. The van der Waals surface area contributed by atoms with Crippen molar-refractivity contribution in [1.82, 2.24) is 10.2 Å². The minimum atomic E-state index is 0. The predicted molar refractivity (Wildman–Crippen MR) is 90.7 cm³/mol. The van der Waals surface area contributed by atoms with Crippen LogP contribution in [0.5, 0.6) is 0 Å². The number of aryl methyl sites for hydroxylation is 2. The Morgan fingerprint density at radius 2 is 2.09 bits per heavy atom. The molecule has 0 radical (unpaired) electrons. The second-order valence-electron chi connectivity index (χ2n) is 6.01. The lowest BCUT2D eigenvalue weighted by molar-refractivity contribution is -0.133. The van der Waals surface area contributed by atoms with Crippen molar-refractivity contribution in [2.75, 3.05) is 19.6 Å². The minimum Gasteiger partial charge on any atom is -0.464 e. The van der Waals surface area contributed by atoms with Gasteiger partial charge in [-0.15, -0.1) is 12.4 Å². The zero-order valence-electron chi connectivity index (χ0n) is 13.3. The molecule has 4 nitrogen and oxygen atoms in total. The van der Waals surface area contributed by atoms with Gasteiger partial charge in [-0.05, 0) is 44.0 Å². The average Bonchev–Trinajstić information content (AvgIpc) is 2.82. The smallest absolute Gasteiger partial charge is 0.227 e. The number of piperazine rings is 1. The number of furan rings is 1. The number of nitrogens with zero attached hydrogens (tertiary/aromatic N) is 1. The van der Waals surface area contributed by atoms with Crippen molar-refractivity contribution in [3.63, 3.8) is 0 Å². The Morgan fingerprint density at radius 1 is 1.36 bits per heavy atom. The summed E-state index contributed by atoms with van der Waals surface area (Å²) in [6.45, 7) is 8.78. The van der Waals surface area contributed by atoms with Crippen molar-refractivity contribution in [3.8, 4) is 0 Å². The van der Waals surface area contributed by atoms with Gasteiger partial charge >= 0.3 is 0 Å². The molecule has 0 saturated carbocycles. The quantitative estimate of drug-likeness (QED) is 0.924. The van der Waals surface area contributed by atoms with Crippen molar-refractivity contribution in [2.24, 2.45) is 0 Å². The molecule has 1 N–H and O–H groups in total. The van der Waals surface area contributed by atoms with Crippen molar-refractivity contribution in [2.45, 2.75) is 33.2 Å². The maximum atomic E-state index is 12.5. The fourth-order valence-electron chi connectivity index (χ4n) is 2.95. The highest BCUT2D eigenvalue weighted by atomic mass is 35.5. The number of hydrogen-bond acceptors (Lipinski definition) is 3. The fraction of sp³-hybridized carbons (Fsp3) is 0.471. The molecule has 1 aromatic heterocycles. The van der Waals surface area contributed by atoms with Crippen LogP contribution in [-0.2, 0) is 11.2 Å². The van der Waals surface area contributed by atoms with E-state index in [-0.39, 0.29) is 24.4 Å². The van der Waals surface area contributed by atoms with Gasteiger partial charge in [0.15, 0.2) is 0 Å². The highest BCUT2D eigenvalue weighted by Crippen LogP contribution is 2.25. The van der Waals surface area contributed by atoms with E-state index in [0.717, 1.165) is 36.2 Å². The molecular weight excluding hydrogens is 300 g/mol. The molecular formula is C17H23ClN2O2. The molecule has 0 spiro atoms. The van der Waals surface area contributed by atoms with E-state index in [1.807, 2.05) is 11.0 Å². The van der Waals surface area contributed by atoms with E-state index >= 15 is 0 Å². The predicted octanol–water partition coefficient (Wildman–Crippen LogP) is 2.83. The van der Waals surface area contributed by atoms with Gasteiger partial charge in [-0.2, -0.15) is 0 Å². The lowest BCUT2D eigenvalue weighted by atomic mass is 10.0. The third kappa shape index (κ3) is 3.13.